The fraction of sp³-hybridized carbons (Fsp3) is 0.571. The molecular weight excluding hydrogens is 376 g/mol. The van der Waals surface area contributed by atoms with Crippen molar-refractivity contribution in [2.75, 3.05) is 45.9 Å². The van der Waals surface area contributed by atoms with E-state index in [1.807, 2.05) is 12.1 Å². The van der Waals surface area contributed by atoms with Crippen LogP contribution in [0.5, 0.6) is 5.75 Å². The van der Waals surface area contributed by atoms with Crippen LogP contribution in [0.1, 0.15) is 32.3 Å². The number of hydrogen-bond donors (Lipinski definition) is 2. The predicted molar refractivity (Wildman–Crippen MR) is 109 cm³/mol. The third kappa shape index (κ3) is 11.2. The number of rotatable bonds is 9. The molecule has 0 aromatic heterocycles. The fourth-order valence-electron chi connectivity index (χ4n) is 2.88. The number of benzene rings is 1. The number of ketones is 1. The van der Waals surface area contributed by atoms with Gasteiger partial charge in [-0.15, -0.1) is 0 Å². The smallest absolute Gasteiger partial charge is 0.414 e. The largest absolute Gasteiger partial charge is 0.494 e. The number of aryl methyl sites for hydroxylation is 1. The molecule has 2 N–H and O–H groups in total. The maximum absolute atomic E-state index is 11.0. The van der Waals surface area contributed by atoms with Crippen LogP contribution in [0.4, 0.5) is 0 Å². The number of likely N-dealkylation sites (N-methyl/N-ethyl adjacent to an activating group) is 1. The van der Waals surface area contributed by atoms with E-state index in [0.29, 0.717) is 6.42 Å². The highest BCUT2D eigenvalue weighted by molar-refractivity contribution is 6.27. The summed E-state index contributed by atoms with van der Waals surface area (Å²) in [4.78, 5) is 34.2. The van der Waals surface area contributed by atoms with E-state index < -0.39 is 11.9 Å². The lowest BCUT2D eigenvalue weighted by Gasteiger charge is -2.33. The molecule has 1 aliphatic rings. The number of Topliss-reactive ketones (excluding diaryl/α,β-unsaturated/α-hetero) is 1. The van der Waals surface area contributed by atoms with Crippen molar-refractivity contribution in [2.24, 2.45) is 0 Å². The number of aliphatic carboxylic acids is 2. The van der Waals surface area contributed by atoms with Crippen molar-refractivity contribution in [2.45, 2.75) is 33.1 Å². The van der Waals surface area contributed by atoms with E-state index in [1.165, 1.54) is 38.3 Å². The van der Waals surface area contributed by atoms with Crippen LogP contribution in [0.15, 0.2) is 24.3 Å². The summed E-state index contributed by atoms with van der Waals surface area (Å²) in [6, 6.07) is 8.13. The quantitative estimate of drug-likeness (QED) is 0.470. The summed E-state index contributed by atoms with van der Waals surface area (Å²) >= 11 is 0. The van der Waals surface area contributed by atoms with E-state index in [1.54, 1.807) is 6.92 Å². The molecule has 0 radical (unpaired) electrons. The number of carboxylic acids is 2. The predicted octanol–water partition coefficient (Wildman–Crippen LogP) is 1.77. The van der Waals surface area contributed by atoms with E-state index in [0.717, 1.165) is 31.7 Å². The van der Waals surface area contributed by atoms with E-state index in [4.69, 9.17) is 24.5 Å². The van der Waals surface area contributed by atoms with Crippen LogP contribution in [0.25, 0.3) is 0 Å². The van der Waals surface area contributed by atoms with Gasteiger partial charge in [0, 0.05) is 39.1 Å². The van der Waals surface area contributed by atoms with Crippen molar-refractivity contribution in [3.05, 3.63) is 29.8 Å². The van der Waals surface area contributed by atoms with Crippen LogP contribution in [0, 0.1) is 0 Å². The summed E-state index contributed by atoms with van der Waals surface area (Å²) in [6.45, 7) is 11.7. The first kappa shape index (κ1) is 24.6. The standard InChI is InChI=1S/C19H30N2O2.C2H2O4/c1-3-20-12-14-21(15-13-20)11-4-16-23-19-9-7-18(8-10-19)6-5-17(2)22;3-1(4)2(5)6/h7-10H,3-6,11-16H2,1-2H3;(H,3,4)(H,5,6). The molecule has 0 atom stereocenters. The Morgan fingerprint density at radius 1 is 0.966 bits per heavy atom. The Bertz CT molecular complexity index is 627. The maximum atomic E-state index is 11.0. The summed E-state index contributed by atoms with van der Waals surface area (Å²) in [6.07, 6.45) is 2.50. The third-order valence-corrected chi connectivity index (χ3v) is 4.67. The van der Waals surface area contributed by atoms with Crippen molar-refractivity contribution in [1.29, 1.82) is 0 Å². The minimum atomic E-state index is -1.82. The molecule has 2 rings (SSSR count). The zero-order valence-electron chi connectivity index (χ0n) is 17.3. The lowest BCUT2D eigenvalue weighted by molar-refractivity contribution is -0.159. The molecule has 8 nitrogen and oxygen atoms in total. The minimum Gasteiger partial charge on any atom is -0.494 e. The molecule has 0 bridgehead atoms. The number of carbonyl (C=O) groups excluding carboxylic acids is 1. The van der Waals surface area contributed by atoms with Crippen molar-refractivity contribution in [1.82, 2.24) is 9.80 Å². The molecule has 1 heterocycles. The molecule has 0 aliphatic carbocycles. The van der Waals surface area contributed by atoms with Gasteiger partial charge in [-0.25, -0.2) is 9.59 Å². The molecule has 1 aliphatic heterocycles. The van der Waals surface area contributed by atoms with Gasteiger partial charge in [0.25, 0.3) is 0 Å². The molecule has 0 saturated carbocycles. The maximum Gasteiger partial charge on any atom is 0.414 e. The highest BCUT2D eigenvalue weighted by Crippen LogP contribution is 2.14. The lowest BCUT2D eigenvalue weighted by atomic mass is 10.1. The Hall–Kier alpha value is -2.45. The molecular formula is C21H32N2O6. The lowest BCUT2D eigenvalue weighted by Crippen LogP contribution is -2.46. The van der Waals surface area contributed by atoms with Crippen LogP contribution in [0.2, 0.25) is 0 Å². The molecule has 0 unspecified atom stereocenters. The van der Waals surface area contributed by atoms with Crippen molar-refractivity contribution in [3.8, 4) is 5.75 Å². The van der Waals surface area contributed by atoms with Gasteiger partial charge in [-0.3, -0.25) is 0 Å². The van der Waals surface area contributed by atoms with E-state index in [-0.39, 0.29) is 5.78 Å². The number of carboxylic acid groups (broad SMARTS) is 2. The highest BCUT2D eigenvalue weighted by atomic mass is 16.5. The van der Waals surface area contributed by atoms with Gasteiger partial charge in [-0.05, 0) is 44.0 Å². The Kier molecular flexibility index (Phi) is 11.6. The number of ether oxygens (including phenoxy) is 1. The first-order chi connectivity index (χ1) is 13.8. The fourth-order valence-corrected chi connectivity index (χ4v) is 2.88. The minimum absolute atomic E-state index is 0.241. The topological polar surface area (TPSA) is 107 Å². The molecule has 0 spiro atoms. The Morgan fingerprint density at radius 3 is 2.00 bits per heavy atom. The number of hydrogen-bond acceptors (Lipinski definition) is 6. The monoisotopic (exact) mass is 408 g/mol. The molecule has 162 valence electrons. The van der Waals surface area contributed by atoms with E-state index in [2.05, 4.69) is 28.9 Å². The molecule has 1 fully saturated rings. The summed E-state index contributed by atoms with van der Waals surface area (Å²) in [5.74, 6) is -2.48. The van der Waals surface area contributed by atoms with Crippen LogP contribution >= 0.6 is 0 Å². The molecule has 29 heavy (non-hydrogen) atoms. The average Bonchev–Trinajstić information content (AvgIpc) is 2.71. The van der Waals surface area contributed by atoms with Crippen molar-refractivity contribution < 1.29 is 29.3 Å². The molecule has 8 heteroatoms. The Balaban J connectivity index is 0.000000612. The van der Waals surface area contributed by atoms with E-state index in [9.17, 15) is 4.79 Å². The zero-order valence-corrected chi connectivity index (χ0v) is 17.3. The first-order valence-electron chi connectivity index (χ1n) is 9.94. The average molecular weight is 408 g/mol. The summed E-state index contributed by atoms with van der Waals surface area (Å²) < 4.78 is 5.82. The van der Waals surface area contributed by atoms with Gasteiger partial charge in [-0.1, -0.05) is 19.1 Å². The van der Waals surface area contributed by atoms with Gasteiger partial charge in [-0.2, -0.15) is 0 Å². The number of nitrogens with zero attached hydrogens (tertiary/aromatic N) is 2. The third-order valence-electron chi connectivity index (χ3n) is 4.67. The summed E-state index contributed by atoms with van der Waals surface area (Å²) in [5.41, 5.74) is 1.20. The SMILES string of the molecule is CCN1CCN(CCCOc2ccc(CCC(C)=O)cc2)CC1.O=C(O)C(=O)O. The second-order valence-corrected chi connectivity index (χ2v) is 6.93. The molecule has 0 amide bonds. The number of piperazine rings is 1. The van der Waals surface area contributed by atoms with Gasteiger partial charge >= 0.3 is 11.9 Å². The summed E-state index contributed by atoms with van der Waals surface area (Å²) in [7, 11) is 0. The molecule has 1 saturated heterocycles. The van der Waals surface area contributed by atoms with Gasteiger partial charge in [0.15, 0.2) is 0 Å². The van der Waals surface area contributed by atoms with Gasteiger partial charge in [0.1, 0.15) is 11.5 Å². The van der Waals surface area contributed by atoms with Crippen molar-refractivity contribution >= 4 is 17.7 Å². The summed E-state index contributed by atoms with van der Waals surface area (Å²) in [5, 5.41) is 14.8. The van der Waals surface area contributed by atoms with Gasteiger partial charge in [0.2, 0.25) is 0 Å². The van der Waals surface area contributed by atoms with E-state index >= 15 is 0 Å². The van der Waals surface area contributed by atoms with Gasteiger partial charge < -0.3 is 29.5 Å². The molecule has 1 aromatic carbocycles. The van der Waals surface area contributed by atoms with Crippen LogP contribution in [-0.2, 0) is 20.8 Å². The highest BCUT2D eigenvalue weighted by Gasteiger charge is 2.14. The second-order valence-electron chi connectivity index (χ2n) is 6.93. The Morgan fingerprint density at radius 2 is 1.52 bits per heavy atom. The normalized spacial score (nSPS) is 14.6. The zero-order chi connectivity index (χ0) is 21.6. The second kappa shape index (κ2) is 13.7. The van der Waals surface area contributed by atoms with Crippen LogP contribution in [-0.4, -0.2) is 83.6 Å². The first-order valence-corrected chi connectivity index (χ1v) is 9.94. The Labute approximate surface area is 172 Å². The molecule has 1 aromatic rings. The van der Waals surface area contributed by atoms with Crippen LogP contribution < -0.4 is 4.74 Å². The van der Waals surface area contributed by atoms with Crippen LogP contribution in [0.3, 0.4) is 0 Å². The van der Waals surface area contributed by atoms with Crippen molar-refractivity contribution in [3.63, 3.8) is 0 Å². The van der Waals surface area contributed by atoms with Gasteiger partial charge in [0.05, 0.1) is 6.61 Å². The number of carbonyl (C=O) groups is 3.